The number of hydrogen-bond acceptors (Lipinski definition) is 4. The van der Waals surface area contributed by atoms with E-state index in [0.29, 0.717) is 35.7 Å². The first-order valence-corrected chi connectivity index (χ1v) is 13.1. The first kappa shape index (κ1) is 26.3. The van der Waals surface area contributed by atoms with E-state index in [-0.39, 0.29) is 30.3 Å². The molecule has 1 atom stereocenters. The summed E-state index contributed by atoms with van der Waals surface area (Å²) in [7, 11) is 0. The summed E-state index contributed by atoms with van der Waals surface area (Å²) in [6.07, 6.45) is 3.41. The van der Waals surface area contributed by atoms with Crippen molar-refractivity contribution in [1.29, 1.82) is 0 Å². The van der Waals surface area contributed by atoms with Gasteiger partial charge in [0.2, 0.25) is 11.9 Å². The van der Waals surface area contributed by atoms with Crippen LogP contribution in [0.25, 0.3) is 16.9 Å². The van der Waals surface area contributed by atoms with E-state index in [4.69, 9.17) is 4.74 Å². The third-order valence-electron chi connectivity index (χ3n) is 6.83. The molecule has 4 aromatic rings. The van der Waals surface area contributed by atoms with E-state index in [0.717, 1.165) is 24.0 Å². The van der Waals surface area contributed by atoms with Crippen molar-refractivity contribution in [3.05, 3.63) is 102 Å². The molecular weight excluding hydrogens is 495 g/mol. The number of hydrogen-bond donors (Lipinski definition) is 1. The minimum atomic E-state index is -0.410. The van der Waals surface area contributed by atoms with Gasteiger partial charge in [-0.25, -0.2) is 9.37 Å². The van der Waals surface area contributed by atoms with Gasteiger partial charge in [0.25, 0.3) is 5.91 Å². The van der Waals surface area contributed by atoms with Crippen molar-refractivity contribution in [3.63, 3.8) is 0 Å². The molecule has 0 aliphatic carbocycles. The molecule has 1 fully saturated rings. The highest BCUT2D eigenvalue weighted by atomic mass is 19.1. The van der Waals surface area contributed by atoms with Crippen LogP contribution in [0.1, 0.15) is 34.3 Å². The Hall–Kier alpha value is -4.30. The first-order chi connectivity index (χ1) is 18.9. The van der Waals surface area contributed by atoms with Crippen molar-refractivity contribution >= 4 is 17.8 Å². The largest absolute Gasteiger partial charge is 0.376 e. The molecule has 0 radical (unpaired) electrons. The van der Waals surface area contributed by atoms with Crippen LogP contribution in [0.5, 0.6) is 0 Å². The van der Waals surface area contributed by atoms with Gasteiger partial charge in [-0.1, -0.05) is 54.1 Å². The monoisotopic (exact) mass is 526 g/mol. The Morgan fingerprint density at radius 1 is 1.08 bits per heavy atom. The zero-order chi connectivity index (χ0) is 27.4. The Balaban J connectivity index is 1.42. The molecule has 1 aromatic heterocycles. The smallest absolute Gasteiger partial charge is 0.254 e. The number of aryl methyl sites for hydroxylation is 2. The summed E-state index contributed by atoms with van der Waals surface area (Å²) in [6, 6.07) is 21.7. The standard InChI is InChI=1S/C31H31FN4O3/c1-21-10-13-24(14-11-21)30(38)35(18-26-9-6-16-39-26)20-29(37)34-31-33-28(23-7-4-3-5-8-23)19-36(31)25-15-12-22(2)27(32)17-25/h3-5,7-8,10-15,17,19,26H,6,9,16,18,20H2,1-2H3,(H,33,34,37)/t26-/m1/s1. The van der Waals surface area contributed by atoms with E-state index in [9.17, 15) is 14.0 Å². The second-order valence-electron chi connectivity index (χ2n) is 9.85. The summed E-state index contributed by atoms with van der Waals surface area (Å²) in [5.74, 6) is -0.768. The van der Waals surface area contributed by atoms with Crippen LogP contribution < -0.4 is 5.32 Å². The van der Waals surface area contributed by atoms with E-state index in [1.165, 1.54) is 11.0 Å². The van der Waals surface area contributed by atoms with Gasteiger partial charge < -0.3 is 9.64 Å². The van der Waals surface area contributed by atoms with Crippen LogP contribution in [-0.4, -0.2) is 52.1 Å². The molecule has 0 unspecified atom stereocenters. The van der Waals surface area contributed by atoms with E-state index in [2.05, 4.69) is 10.3 Å². The Labute approximate surface area is 227 Å². The molecular formula is C31H31FN4O3. The Morgan fingerprint density at radius 3 is 2.54 bits per heavy atom. The number of imidazole rings is 1. The maximum atomic E-state index is 14.5. The molecule has 2 amide bonds. The van der Waals surface area contributed by atoms with Crippen LogP contribution in [0, 0.1) is 19.7 Å². The minimum Gasteiger partial charge on any atom is -0.376 e. The molecule has 7 nitrogen and oxygen atoms in total. The Morgan fingerprint density at radius 2 is 1.85 bits per heavy atom. The van der Waals surface area contributed by atoms with Gasteiger partial charge in [-0.05, 0) is 56.5 Å². The summed E-state index contributed by atoms with van der Waals surface area (Å²) >= 11 is 0. The van der Waals surface area contributed by atoms with Crippen molar-refractivity contribution in [3.8, 4) is 16.9 Å². The first-order valence-electron chi connectivity index (χ1n) is 13.1. The molecule has 200 valence electrons. The zero-order valence-corrected chi connectivity index (χ0v) is 22.1. The van der Waals surface area contributed by atoms with E-state index in [1.807, 2.05) is 49.4 Å². The summed E-state index contributed by atoms with van der Waals surface area (Å²) < 4.78 is 21.9. The summed E-state index contributed by atoms with van der Waals surface area (Å²) in [5, 5.41) is 2.86. The molecule has 3 aromatic carbocycles. The lowest BCUT2D eigenvalue weighted by Gasteiger charge is -2.25. The highest BCUT2D eigenvalue weighted by Crippen LogP contribution is 2.25. The average molecular weight is 527 g/mol. The lowest BCUT2D eigenvalue weighted by atomic mass is 10.1. The van der Waals surface area contributed by atoms with Gasteiger partial charge in [-0.15, -0.1) is 0 Å². The second kappa shape index (κ2) is 11.6. The quantitative estimate of drug-likeness (QED) is 0.326. The highest BCUT2D eigenvalue weighted by Gasteiger charge is 2.26. The van der Waals surface area contributed by atoms with E-state index >= 15 is 0 Å². The fourth-order valence-corrected chi connectivity index (χ4v) is 4.61. The number of nitrogens with zero attached hydrogens (tertiary/aromatic N) is 3. The van der Waals surface area contributed by atoms with Gasteiger partial charge in [0.15, 0.2) is 0 Å². The van der Waals surface area contributed by atoms with Gasteiger partial charge in [-0.2, -0.15) is 0 Å². The molecule has 39 heavy (non-hydrogen) atoms. The predicted molar refractivity (Wildman–Crippen MR) is 148 cm³/mol. The number of rotatable bonds is 8. The third kappa shape index (κ3) is 6.23. The number of nitrogens with one attached hydrogen (secondary N) is 1. The lowest BCUT2D eigenvalue weighted by molar-refractivity contribution is -0.117. The average Bonchev–Trinajstić information content (AvgIpc) is 3.61. The molecule has 0 spiro atoms. The van der Waals surface area contributed by atoms with Crippen molar-refractivity contribution < 1.29 is 18.7 Å². The van der Waals surface area contributed by atoms with Crippen molar-refractivity contribution in [2.75, 3.05) is 25.0 Å². The maximum Gasteiger partial charge on any atom is 0.254 e. The number of benzene rings is 3. The Bertz CT molecular complexity index is 1460. The maximum absolute atomic E-state index is 14.5. The zero-order valence-electron chi connectivity index (χ0n) is 22.1. The van der Waals surface area contributed by atoms with Crippen LogP contribution in [0.2, 0.25) is 0 Å². The van der Waals surface area contributed by atoms with Gasteiger partial charge >= 0.3 is 0 Å². The third-order valence-corrected chi connectivity index (χ3v) is 6.83. The molecule has 1 N–H and O–H groups in total. The van der Waals surface area contributed by atoms with Crippen molar-refractivity contribution in [2.24, 2.45) is 0 Å². The van der Waals surface area contributed by atoms with Crippen molar-refractivity contribution in [2.45, 2.75) is 32.8 Å². The number of amides is 2. The number of carbonyl (C=O) groups excluding carboxylic acids is 2. The topological polar surface area (TPSA) is 76.5 Å². The number of ether oxygens (including phenoxy) is 1. The predicted octanol–water partition coefficient (Wildman–Crippen LogP) is 5.56. The van der Waals surface area contributed by atoms with E-state index in [1.54, 1.807) is 42.0 Å². The number of halogens is 1. The molecule has 0 saturated carbocycles. The van der Waals surface area contributed by atoms with Gasteiger partial charge in [0.1, 0.15) is 12.4 Å². The number of aromatic nitrogens is 2. The van der Waals surface area contributed by atoms with Crippen molar-refractivity contribution in [1.82, 2.24) is 14.5 Å². The van der Waals surface area contributed by atoms with Crippen LogP contribution in [0.3, 0.4) is 0 Å². The van der Waals surface area contributed by atoms with E-state index < -0.39 is 5.91 Å². The molecule has 1 aliphatic rings. The fraction of sp³-hybridized carbons (Fsp3) is 0.258. The van der Waals surface area contributed by atoms with Crippen LogP contribution in [0.15, 0.2) is 79.0 Å². The second-order valence-corrected chi connectivity index (χ2v) is 9.85. The lowest BCUT2D eigenvalue weighted by Crippen LogP contribution is -2.42. The summed E-state index contributed by atoms with van der Waals surface area (Å²) in [5.41, 5.74) is 4.08. The fourth-order valence-electron chi connectivity index (χ4n) is 4.61. The van der Waals surface area contributed by atoms with Crippen LogP contribution in [0.4, 0.5) is 10.3 Å². The highest BCUT2D eigenvalue weighted by molar-refractivity contribution is 5.99. The Kier molecular flexibility index (Phi) is 7.84. The molecule has 5 rings (SSSR count). The van der Waals surface area contributed by atoms with Gasteiger partial charge in [-0.3, -0.25) is 19.5 Å². The van der Waals surface area contributed by atoms with Gasteiger partial charge in [0.05, 0.1) is 17.5 Å². The molecule has 0 bridgehead atoms. The van der Waals surface area contributed by atoms with Gasteiger partial charge in [0, 0.05) is 30.5 Å². The minimum absolute atomic E-state index is 0.116. The molecule has 8 heteroatoms. The molecule has 2 heterocycles. The summed E-state index contributed by atoms with van der Waals surface area (Å²) in [6.45, 7) is 4.43. The van der Waals surface area contributed by atoms with Crippen LogP contribution in [-0.2, 0) is 9.53 Å². The normalized spacial score (nSPS) is 14.8. The van der Waals surface area contributed by atoms with Crippen LogP contribution >= 0.6 is 0 Å². The summed E-state index contributed by atoms with van der Waals surface area (Å²) in [4.78, 5) is 32.9. The molecule has 1 saturated heterocycles. The molecule has 1 aliphatic heterocycles. The number of anilines is 1. The number of carbonyl (C=O) groups is 2. The SMILES string of the molecule is Cc1ccc(C(=O)N(CC(=O)Nc2nc(-c3ccccc3)cn2-c2ccc(C)c(F)c2)C[C@H]2CCCO2)cc1.